The average molecular weight is 284 g/mol. The summed E-state index contributed by atoms with van der Waals surface area (Å²) in [6.07, 6.45) is 0.927. The minimum absolute atomic E-state index is 0.0526. The Balaban J connectivity index is 2.12. The van der Waals surface area contributed by atoms with E-state index in [-0.39, 0.29) is 11.9 Å². The molecule has 86 valence electrons. The number of hydrogen-bond donors (Lipinski definition) is 0. The van der Waals surface area contributed by atoms with Crippen molar-refractivity contribution in [1.29, 1.82) is 0 Å². The number of ether oxygens (including phenoxy) is 1. The lowest BCUT2D eigenvalue weighted by Crippen LogP contribution is -2.37. The van der Waals surface area contributed by atoms with Gasteiger partial charge in [0.05, 0.1) is 12.6 Å². The quantitative estimate of drug-likeness (QED) is 0.834. The van der Waals surface area contributed by atoms with Crippen LogP contribution in [0.3, 0.4) is 0 Å². The van der Waals surface area contributed by atoms with Crippen LogP contribution in [0.4, 0.5) is 0 Å². The second-order valence-electron chi connectivity index (χ2n) is 3.94. The van der Waals surface area contributed by atoms with E-state index >= 15 is 0 Å². The Hall–Kier alpha value is -0.870. The molecule has 1 aromatic rings. The van der Waals surface area contributed by atoms with Gasteiger partial charge in [0.1, 0.15) is 0 Å². The van der Waals surface area contributed by atoms with E-state index in [1.807, 2.05) is 31.3 Å². The monoisotopic (exact) mass is 283 g/mol. The van der Waals surface area contributed by atoms with E-state index in [9.17, 15) is 4.79 Å². The fraction of sp³-hybridized carbons (Fsp3) is 0.417. The topological polar surface area (TPSA) is 29.5 Å². The lowest BCUT2D eigenvalue weighted by Gasteiger charge is -2.23. The normalized spacial score (nSPS) is 19.8. The van der Waals surface area contributed by atoms with Gasteiger partial charge in [-0.3, -0.25) is 4.79 Å². The smallest absolute Gasteiger partial charge is 0.253 e. The molecular formula is C12H14BrNO2. The molecule has 1 atom stereocenters. The number of carbonyl (C=O) groups is 1. The molecule has 0 aromatic heterocycles. The van der Waals surface area contributed by atoms with Crippen LogP contribution in [-0.4, -0.2) is 37.1 Å². The van der Waals surface area contributed by atoms with E-state index in [0.717, 1.165) is 17.5 Å². The van der Waals surface area contributed by atoms with Crippen LogP contribution >= 0.6 is 15.9 Å². The first-order valence-corrected chi connectivity index (χ1v) is 6.08. The molecule has 1 fully saturated rings. The third-order valence-corrected chi connectivity index (χ3v) is 3.34. The summed E-state index contributed by atoms with van der Waals surface area (Å²) in [5.41, 5.74) is 0.712. The summed E-state index contributed by atoms with van der Waals surface area (Å²) < 4.78 is 6.21. The molecule has 0 N–H and O–H groups in total. The molecule has 16 heavy (non-hydrogen) atoms. The first-order chi connectivity index (χ1) is 7.68. The maximum absolute atomic E-state index is 12.1. The van der Waals surface area contributed by atoms with E-state index in [0.29, 0.717) is 12.2 Å². The van der Waals surface area contributed by atoms with Gasteiger partial charge in [-0.05, 0) is 24.6 Å². The first-order valence-electron chi connectivity index (χ1n) is 5.29. The third-order valence-electron chi connectivity index (χ3n) is 2.85. The minimum Gasteiger partial charge on any atom is -0.379 e. The average Bonchev–Trinajstić information content (AvgIpc) is 2.80. The van der Waals surface area contributed by atoms with Crippen LogP contribution in [-0.2, 0) is 4.74 Å². The van der Waals surface area contributed by atoms with Crippen LogP contribution in [0.25, 0.3) is 0 Å². The highest BCUT2D eigenvalue weighted by Gasteiger charge is 2.24. The van der Waals surface area contributed by atoms with E-state index in [1.165, 1.54) is 0 Å². The molecule has 1 unspecified atom stereocenters. The van der Waals surface area contributed by atoms with Crippen molar-refractivity contribution < 1.29 is 9.53 Å². The van der Waals surface area contributed by atoms with Crippen molar-refractivity contribution in [3.05, 3.63) is 34.3 Å². The highest BCUT2D eigenvalue weighted by atomic mass is 79.9. The van der Waals surface area contributed by atoms with Gasteiger partial charge in [0.2, 0.25) is 0 Å². The number of benzene rings is 1. The molecule has 1 heterocycles. The van der Waals surface area contributed by atoms with Crippen molar-refractivity contribution in [3.8, 4) is 0 Å². The molecule has 1 aliphatic heterocycles. The molecule has 0 saturated carbocycles. The van der Waals surface area contributed by atoms with Crippen LogP contribution in [0.2, 0.25) is 0 Å². The minimum atomic E-state index is 0.0526. The summed E-state index contributed by atoms with van der Waals surface area (Å²) in [7, 11) is 1.84. The van der Waals surface area contributed by atoms with Gasteiger partial charge >= 0.3 is 0 Å². The fourth-order valence-electron chi connectivity index (χ4n) is 1.82. The Morgan fingerprint density at radius 2 is 2.38 bits per heavy atom. The van der Waals surface area contributed by atoms with Gasteiger partial charge in [-0.1, -0.05) is 22.0 Å². The van der Waals surface area contributed by atoms with Crippen LogP contribution in [0.15, 0.2) is 28.7 Å². The van der Waals surface area contributed by atoms with Gasteiger partial charge in [0.15, 0.2) is 0 Å². The van der Waals surface area contributed by atoms with Crippen LogP contribution in [0.5, 0.6) is 0 Å². The van der Waals surface area contributed by atoms with Crippen molar-refractivity contribution in [2.75, 3.05) is 20.3 Å². The SMILES string of the molecule is CN(C(=O)c1cccc(Br)c1)C1CCOC1. The molecule has 4 heteroatoms. The fourth-order valence-corrected chi connectivity index (χ4v) is 2.22. The van der Waals surface area contributed by atoms with Gasteiger partial charge in [-0.15, -0.1) is 0 Å². The van der Waals surface area contributed by atoms with E-state index in [4.69, 9.17) is 4.74 Å². The van der Waals surface area contributed by atoms with E-state index < -0.39 is 0 Å². The summed E-state index contributed by atoms with van der Waals surface area (Å²) in [6, 6.07) is 7.67. The largest absolute Gasteiger partial charge is 0.379 e. The molecule has 0 aliphatic carbocycles. The van der Waals surface area contributed by atoms with Gasteiger partial charge in [-0.2, -0.15) is 0 Å². The molecule has 1 saturated heterocycles. The second-order valence-corrected chi connectivity index (χ2v) is 4.86. The number of carbonyl (C=O) groups excluding carboxylic acids is 1. The Morgan fingerprint density at radius 3 is 3.00 bits per heavy atom. The molecular weight excluding hydrogens is 270 g/mol. The molecule has 1 aromatic carbocycles. The van der Waals surface area contributed by atoms with E-state index in [2.05, 4.69) is 15.9 Å². The molecule has 1 aliphatic rings. The number of rotatable bonds is 2. The zero-order valence-electron chi connectivity index (χ0n) is 9.15. The summed E-state index contributed by atoms with van der Waals surface area (Å²) in [5.74, 6) is 0.0526. The third kappa shape index (κ3) is 2.44. The Bertz CT molecular complexity index is 388. The zero-order chi connectivity index (χ0) is 11.5. The summed E-state index contributed by atoms with van der Waals surface area (Å²) in [6.45, 7) is 1.40. The lowest BCUT2D eigenvalue weighted by molar-refractivity contribution is 0.0711. The van der Waals surface area contributed by atoms with Crippen LogP contribution < -0.4 is 0 Å². The maximum atomic E-state index is 12.1. The number of amides is 1. The maximum Gasteiger partial charge on any atom is 0.253 e. The number of hydrogen-bond acceptors (Lipinski definition) is 2. The Morgan fingerprint density at radius 1 is 1.56 bits per heavy atom. The number of likely N-dealkylation sites (N-methyl/N-ethyl adjacent to an activating group) is 1. The predicted molar refractivity (Wildman–Crippen MR) is 65.5 cm³/mol. The highest BCUT2D eigenvalue weighted by Crippen LogP contribution is 2.17. The predicted octanol–water partition coefficient (Wildman–Crippen LogP) is 2.31. The molecule has 1 amide bonds. The summed E-state index contributed by atoms with van der Waals surface area (Å²) in [4.78, 5) is 13.9. The van der Waals surface area contributed by atoms with Gasteiger partial charge in [0.25, 0.3) is 5.91 Å². The van der Waals surface area contributed by atoms with Crippen molar-refractivity contribution in [1.82, 2.24) is 4.90 Å². The molecule has 0 radical (unpaired) electrons. The van der Waals surface area contributed by atoms with Crippen molar-refractivity contribution in [3.63, 3.8) is 0 Å². The van der Waals surface area contributed by atoms with Gasteiger partial charge in [-0.25, -0.2) is 0 Å². The molecule has 0 spiro atoms. The van der Waals surface area contributed by atoms with Crippen molar-refractivity contribution in [2.45, 2.75) is 12.5 Å². The van der Waals surface area contributed by atoms with Crippen LogP contribution in [0.1, 0.15) is 16.8 Å². The summed E-state index contributed by atoms with van der Waals surface area (Å²) >= 11 is 3.37. The Kier molecular flexibility index (Phi) is 3.61. The molecule has 0 bridgehead atoms. The lowest BCUT2D eigenvalue weighted by atomic mass is 10.1. The standard InChI is InChI=1S/C12H14BrNO2/c1-14(11-5-6-16-8-11)12(15)9-3-2-4-10(13)7-9/h2-4,7,11H,5-6,8H2,1H3. The molecule has 2 rings (SSSR count). The second kappa shape index (κ2) is 4.97. The highest BCUT2D eigenvalue weighted by molar-refractivity contribution is 9.10. The zero-order valence-corrected chi connectivity index (χ0v) is 10.7. The number of nitrogens with zero attached hydrogens (tertiary/aromatic N) is 1. The van der Waals surface area contributed by atoms with Crippen LogP contribution in [0, 0.1) is 0 Å². The van der Waals surface area contributed by atoms with Crippen molar-refractivity contribution in [2.24, 2.45) is 0 Å². The van der Waals surface area contributed by atoms with Gasteiger partial charge < -0.3 is 9.64 Å². The van der Waals surface area contributed by atoms with Gasteiger partial charge in [0, 0.05) is 23.7 Å². The Labute approximate surface area is 104 Å². The first kappa shape index (κ1) is 11.6. The van der Waals surface area contributed by atoms with Crippen molar-refractivity contribution >= 4 is 21.8 Å². The van der Waals surface area contributed by atoms with E-state index in [1.54, 1.807) is 4.90 Å². The number of halogens is 1. The molecule has 3 nitrogen and oxygen atoms in total. The summed E-state index contributed by atoms with van der Waals surface area (Å²) in [5, 5.41) is 0.